The Morgan fingerprint density at radius 3 is 2.62 bits per heavy atom. The molecular formula is C15H29N5S. The van der Waals surface area contributed by atoms with Crippen LogP contribution in [0.4, 0.5) is 0 Å². The van der Waals surface area contributed by atoms with Crippen LogP contribution in [0.5, 0.6) is 0 Å². The van der Waals surface area contributed by atoms with Crippen LogP contribution in [0.25, 0.3) is 0 Å². The van der Waals surface area contributed by atoms with Gasteiger partial charge in [0.1, 0.15) is 5.01 Å². The fraction of sp³-hybridized carbons (Fsp3) is 0.800. The zero-order valence-corrected chi connectivity index (χ0v) is 14.5. The minimum Gasteiger partial charge on any atom is -0.311 e. The second-order valence-electron chi connectivity index (χ2n) is 5.93. The molecule has 0 aliphatic carbocycles. The summed E-state index contributed by atoms with van der Waals surface area (Å²) in [7, 11) is 4.28. The first-order chi connectivity index (χ1) is 10.2. The Hall–Kier alpha value is -0.530. The van der Waals surface area contributed by atoms with Crippen molar-refractivity contribution < 1.29 is 0 Å². The van der Waals surface area contributed by atoms with E-state index < -0.39 is 0 Å². The van der Waals surface area contributed by atoms with Gasteiger partial charge in [-0.25, -0.2) is 4.98 Å². The minimum absolute atomic E-state index is 0.902. The molecule has 1 saturated heterocycles. The highest BCUT2D eigenvalue weighted by atomic mass is 32.1. The lowest BCUT2D eigenvalue weighted by molar-refractivity contribution is 0.120. The normalized spacial score (nSPS) is 17.7. The topological polar surface area (TPSA) is 34.6 Å². The van der Waals surface area contributed by atoms with Crippen molar-refractivity contribution in [3.05, 3.63) is 16.1 Å². The van der Waals surface area contributed by atoms with E-state index in [-0.39, 0.29) is 0 Å². The van der Waals surface area contributed by atoms with Crippen molar-refractivity contribution in [1.29, 1.82) is 0 Å². The van der Waals surface area contributed by atoms with E-state index in [9.17, 15) is 0 Å². The molecule has 0 spiro atoms. The molecule has 0 saturated carbocycles. The van der Waals surface area contributed by atoms with E-state index in [0.29, 0.717) is 0 Å². The highest BCUT2D eigenvalue weighted by Gasteiger charge is 2.17. The summed E-state index contributed by atoms with van der Waals surface area (Å²) < 4.78 is 0. The Morgan fingerprint density at radius 2 is 1.95 bits per heavy atom. The molecule has 21 heavy (non-hydrogen) atoms. The molecule has 0 atom stereocenters. The van der Waals surface area contributed by atoms with Gasteiger partial charge in [0.15, 0.2) is 0 Å². The number of likely N-dealkylation sites (N-methyl/N-ethyl adjacent to an activating group) is 1. The molecule has 1 aliphatic rings. The lowest BCUT2D eigenvalue weighted by atomic mass is 10.3. The van der Waals surface area contributed by atoms with Gasteiger partial charge in [0.25, 0.3) is 0 Å². The number of piperazine rings is 1. The van der Waals surface area contributed by atoms with E-state index in [0.717, 1.165) is 39.3 Å². The van der Waals surface area contributed by atoms with E-state index in [2.05, 4.69) is 46.4 Å². The Morgan fingerprint density at radius 1 is 1.24 bits per heavy atom. The number of rotatable bonds is 8. The highest BCUT2D eigenvalue weighted by Crippen LogP contribution is 2.13. The van der Waals surface area contributed by atoms with E-state index >= 15 is 0 Å². The summed E-state index contributed by atoms with van der Waals surface area (Å²) in [4.78, 5) is 12.1. The summed E-state index contributed by atoms with van der Waals surface area (Å²) >= 11 is 1.77. The summed E-state index contributed by atoms with van der Waals surface area (Å²) in [6.07, 6.45) is 0. The molecule has 2 heterocycles. The van der Waals surface area contributed by atoms with Gasteiger partial charge in [-0.15, -0.1) is 11.3 Å². The van der Waals surface area contributed by atoms with Crippen molar-refractivity contribution >= 4 is 11.3 Å². The van der Waals surface area contributed by atoms with Crippen molar-refractivity contribution in [2.45, 2.75) is 20.0 Å². The average Bonchev–Trinajstić information content (AvgIpc) is 2.92. The molecule has 1 aromatic rings. The van der Waals surface area contributed by atoms with E-state index in [1.54, 1.807) is 11.3 Å². The summed E-state index contributed by atoms with van der Waals surface area (Å²) in [5.41, 5.74) is 1.23. The molecule has 1 aromatic heterocycles. The van der Waals surface area contributed by atoms with Crippen LogP contribution in [0.15, 0.2) is 5.38 Å². The summed E-state index contributed by atoms with van der Waals surface area (Å²) in [5, 5.41) is 6.75. The van der Waals surface area contributed by atoms with E-state index in [1.165, 1.54) is 30.3 Å². The Labute approximate surface area is 132 Å². The SMILES string of the molecule is CCNCc1nc(CN2CCN(CCN(C)C)CC2)cs1. The van der Waals surface area contributed by atoms with Gasteiger partial charge in [-0.2, -0.15) is 0 Å². The maximum atomic E-state index is 4.71. The van der Waals surface area contributed by atoms with E-state index in [1.807, 2.05) is 0 Å². The first-order valence-electron chi connectivity index (χ1n) is 7.91. The maximum absolute atomic E-state index is 4.71. The van der Waals surface area contributed by atoms with Gasteiger partial charge in [-0.1, -0.05) is 6.92 Å². The molecule has 0 unspecified atom stereocenters. The van der Waals surface area contributed by atoms with Gasteiger partial charge in [0, 0.05) is 57.7 Å². The number of nitrogens with zero attached hydrogens (tertiary/aromatic N) is 4. The summed E-state index contributed by atoms with van der Waals surface area (Å²) in [5.74, 6) is 0. The van der Waals surface area contributed by atoms with Gasteiger partial charge in [0.2, 0.25) is 0 Å². The third-order valence-corrected chi connectivity index (χ3v) is 4.74. The molecule has 0 bridgehead atoms. The Balaban J connectivity index is 1.69. The molecule has 0 amide bonds. The van der Waals surface area contributed by atoms with Crippen LogP contribution in [0.2, 0.25) is 0 Å². The standard InChI is InChI=1S/C15H29N5S/c1-4-16-11-15-17-14(13-21-15)12-20-9-7-19(8-10-20)6-5-18(2)3/h13,16H,4-12H2,1-3H3. The van der Waals surface area contributed by atoms with Crippen LogP contribution in [0, 0.1) is 0 Å². The first kappa shape index (κ1) is 16.8. The molecule has 1 fully saturated rings. The fourth-order valence-corrected chi connectivity index (χ4v) is 3.23. The van der Waals surface area contributed by atoms with Crippen molar-refractivity contribution in [1.82, 2.24) is 25.0 Å². The van der Waals surface area contributed by atoms with Crippen molar-refractivity contribution in [3.63, 3.8) is 0 Å². The number of hydrogen-bond donors (Lipinski definition) is 1. The largest absolute Gasteiger partial charge is 0.311 e. The smallest absolute Gasteiger partial charge is 0.107 e. The van der Waals surface area contributed by atoms with Crippen LogP contribution in [0.3, 0.4) is 0 Å². The number of thiazole rings is 1. The third kappa shape index (κ3) is 6.00. The second kappa shape index (κ2) is 8.80. The third-order valence-electron chi connectivity index (χ3n) is 3.84. The predicted molar refractivity (Wildman–Crippen MR) is 89.8 cm³/mol. The van der Waals surface area contributed by atoms with Gasteiger partial charge in [-0.3, -0.25) is 9.80 Å². The molecule has 0 radical (unpaired) electrons. The van der Waals surface area contributed by atoms with Gasteiger partial charge < -0.3 is 10.2 Å². The zero-order valence-electron chi connectivity index (χ0n) is 13.6. The number of aromatic nitrogens is 1. The molecule has 120 valence electrons. The quantitative estimate of drug-likeness (QED) is 0.773. The molecule has 2 rings (SSSR count). The lowest BCUT2D eigenvalue weighted by Gasteiger charge is -2.34. The molecule has 1 N–H and O–H groups in total. The Bertz CT molecular complexity index is 399. The van der Waals surface area contributed by atoms with Crippen molar-refractivity contribution in [3.8, 4) is 0 Å². The minimum atomic E-state index is 0.902. The average molecular weight is 311 g/mol. The summed E-state index contributed by atoms with van der Waals surface area (Å²) in [6, 6.07) is 0. The van der Waals surface area contributed by atoms with Gasteiger partial charge in [-0.05, 0) is 20.6 Å². The van der Waals surface area contributed by atoms with Gasteiger partial charge >= 0.3 is 0 Å². The molecule has 1 aliphatic heterocycles. The zero-order chi connectivity index (χ0) is 15.1. The summed E-state index contributed by atoms with van der Waals surface area (Å²) in [6.45, 7) is 12.1. The van der Waals surface area contributed by atoms with Crippen LogP contribution < -0.4 is 5.32 Å². The van der Waals surface area contributed by atoms with Crippen molar-refractivity contribution in [2.75, 3.05) is 59.9 Å². The van der Waals surface area contributed by atoms with Crippen LogP contribution in [-0.4, -0.2) is 79.6 Å². The lowest BCUT2D eigenvalue weighted by Crippen LogP contribution is -2.47. The molecule has 5 nitrogen and oxygen atoms in total. The molecule has 6 heteroatoms. The maximum Gasteiger partial charge on any atom is 0.107 e. The monoisotopic (exact) mass is 311 g/mol. The number of nitrogens with one attached hydrogen (secondary N) is 1. The first-order valence-corrected chi connectivity index (χ1v) is 8.78. The van der Waals surface area contributed by atoms with Crippen LogP contribution in [-0.2, 0) is 13.1 Å². The second-order valence-corrected chi connectivity index (χ2v) is 6.88. The highest BCUT2D eigenvalue weighted by molar-refractivity contribution is 7.09. The number of hydrogen-bond acceptors (Lipinski definition) is 6. The van der Waals surface area contributed by atoms with Crippen LogP contribution >= 0.6 is 11.3 Å². The van der Waals surface area contributed by atoms with Crippen LogP contribution in [0.1, 0.15) is 17.6 Å². The van der Waals surface area contributed by atoms with Crippen molar-refractivity contribution in [2.24, 2.45) is 0 Å². The fourth-order valence-electron chi connectivity index (χ4n) is 2.48. The molecular weight excluding hydrogens is 282 g/mol. The molecule has 0 aromatic carbocycles. The van der Waals surface area contributed by atoms with E-state index in [4.69, 9.17) is 4.98 Å². The van der Waals surface area contributed by atoms with Gasteiger partial charge in [0.05, 0.1) is 5.69 Å². The predicted octanol–water partition coefficient (Wildman–Crippen LogP) is 0.932. The Kier molecular flexibility index (Phi) is 7.06.